The molecule has 0 saturated carbocycles. The SMILES string of the molecule is CC(=O)[C@H](CCCCN)NNC(=O)CCCCCCC(=O)NCCO[C@@H]1O[C@H](CO[C@H]2O[C@H](CO)[C@@H](O)[C@H](O)[C@@H]2O)[C@@H](O)[C@H](O[C@H]2O[C@H](CO)[C@@H](O)[C@H](O)[C@@H]2O)[C@H]1O.CCNC(=O)CCCCCCC(=O)CCCO[C@@H]1O[C@H](CO[C@H]2O[C@H](CO)[C@@H](O)[C@H](O)[C@@H]2O)[C@@H](O)[C@H](O[C@H]2O[C@H](CO)[C@@H](O)[C@H](O)[C@@H]2O)[C@H]1O. The van der Waals surface area contributed by atoms with Gasteiger partial charge in [-0.15, -0.1) is 0 Å². The zero-order valence-corrected chi connectivity index (χ0v) is 60.7. The van der Waals surface area contributed by atoms with Crippen LogP contribution in [0.5, 0.6) is 0 Å². The molecular weight excluding hydrogens is 1450 g/mol. The van der Waals surface area contributed by atoms with Gasteiger partial charge < -0.3 is 175 Å². The number of aliphatic hydroxyl groups is 20. The average Bonchev–Trinajstić information content (AvgIpc) is 0.776. The number of hydrogen-bond acceptors (Lipinski definition) is 39. The van der Waals surface area contributed by atoms with E-state index in [4.69, 9.17) is 62.6 Å². The van der Waals surface area contributed by atoms with Crippen molar-refractivity contribution in [3.05, 3.63) is 0 Å². The second kappa shape index (κ2) is 49.2. The topological polar surface area (TPSA) is 675 Å². The van der Waals surface area contributed by atoms with Crippen LogP contribution in [-0.2, 0) is 80.8 Å². The highest BCUT2D eigenvalue weighted by Gasteiger charge is 2.55. The standard InChI is InChI=1S/C35H64N4O19.C31H55NO18/c1-17(42)18(8-6-7-11-36)38-39-23(44)10-5-3-2-4-9-22(43)37-12-13-53-34-31(52)32(58-35-30(51)28(49)25(46)20(15-41)56-35)26(47)21(57-34)16-54-33-29(50)27(48)24(45)19(14-40)55-33;1-2-32-19(36)10-6-4-3-5-8-15(35)9-7-11-45-30-27(44)28(50-31-26(43)24(41)21(38)17(13-34)48-31)22(39)18(49-30)14-46-29-25(42)23(40)20(37)16(12-33)47-29/h18-21,24-35,38,40-41,45-52H,2-16,36H2,1H3,(H,37,43)(H,39,44);16-18,20-31,33-34,37-44H,2-14H2,1H3,(H,32,36)/t18-,19+,20+,21+,24+,25+,26+,27-,28-,29-,30-,31+,32-,33-,34+,35+;16-,17-,18-,20-,21-,22-,23+,24+,25+,26+,27-,28+,29+,30-,31-/m01/s1. The lowest BCUT2D eigenvalue weighted by molar-refractivity contribution is -0.366. The first-order chi connectivity index (χ1) is 51.5. The van der Waals surface area contributed by atoms with Gasteiger partial charge in [-0.2, -0.15) is 0 Å². The minimum atomic E-state index is -1.90. The summed E-state index contributed by atoms with van der Waals surface area (Å²) in [5.74, 6) is -0.631. The monoisotopic (exact) mass is 1570 g/mol. The van der Waals surface area contributed by atoms with Crippen molar-refractivity contribution in [2.75, 3.05) is 72.5 Å². The van der Waals surface area contributed by atoms with Gasteiger partial charge in [-0.3, -0.25) is 29.4 Å². The van der Waals surface area contributed by atoms with Crippen molar-refractivity contribution in [1.29, 1.82) is 0 Å². The van der Waals surface area contributed by atoms with Crippen LogP contribution in [-0.4, -0.2) is 394 Å². The van der Waals surface area contributed by atoms with Gasteiger partial charge in [0.1, 0.15) is 158 Å². The predicted molar refractivity (Wildman–Crippen MR) is 360 cm³/mol. The first kappa shape index (κ1) is 95.0. The summed E-state index contributed by atoms with van der Waals surface area (Å²) in [5, 5.41) is 211. The van der Waals surface area contributed by atoms with Crippen LogP contribution < -0.4 is 27.2 Å². The molecule has 3 amide bonds. The highest BCUT2D eigenvalue weighted by atomic mass is 16.8. The van der Waals surface area contributed by atoms with Crippen LogP contribution in [0.4, 0.5) is 0 Å². The number of unbranched alkanes of at least 4 members (excludes halogenated alkanes) is 7. The van der Waals surface area contributed by atoms with E-state index in [0.717, 1.165) is 32.1 Å². The number of carbonyl (C=O) groups is 5. The summed E-state index contributed by atoms with van der Waals surface area (Å²) in [6.45, 7) is -0.145. The van der Waals surface area contributed by atoms with Crippen LogP contribution in [0.1, 0.15) is 123 Å². The summed E-state index contributed by atoms with van der Waals surface area (Å²) in [4.78, 5) is 60.3. The molecule has 108 heavy (non-hydrogen) atoms. The fraction of sp³-hybridized carbons (Fsp3) is 0.924. The van der Waals surface area contributed by atoms with Crippen LogP contribution in [0.25, 0.3) is 0 Å². The number of carbonyl (C=O) groups excluding carboxylic acids is 5. The number of amides is 3. The quantitative estimate of drug-likeness (QED) is 0.0199. The molecule has 0 unspecified atom stereocenters. The molecule has 42 nitrogen and oxygen atoms in total. The lowest BCUT2D eigenvalue weighted by Gasteiger charge is -2.46. The fourth-order valence-corrected chi connectivity index (χ4v) is 12.5. The first-order valence-electron chi connectivity index (χ1n) is 36.8. The van der Waals surface area contributed by atoms with Gasteiger partial charge in [0.05, 0.1) is 58.9 Å². The van der Waals surface area contributed by atoms with E-state index in [9.17, 15) is 126 Å². The highest BCUT2D eigenvalue weighted by molar-refractivity contribution is 5.82. The van der Waals surface area contributed by atoms with Crippen LogP contribution in [0.2, 0.25) is 0 Å². The molecule has 6 rings (SSSR count). The van der Waals surface area contributed by atoms with E-state index >= 15 is 0 Å². The van der Waals surface area contributed by atoms with Crippen molar-refractivity contribution in [3.63, 3.8) is 0 Å². The van der Waals surface area contributed by atoms with Gasteiger partial charge >= 0.3 is 0 Å². The number of ether oxygens (including phenoxy) is 12. The molecule has 0 aromatic heterocycles. The Kier molecular flexibility index (Phi) is 43.3. The van der Waals surface area contributed by atoms with Gasteiger partial charge in [0.15, 0.2) is 37.7 Å². The van der Waals surface area contributed by atoms with E-state index in [0.29, 0.717) is 64.5 Å². The molecule has 0 spiro atoms. The van der Waals surface area contributed by atoms with Crippen LogP contribution in [0.15, 0.2) is 0 Å². The van der Waals surface area contributed by atoms with Crippen molar-refractivity contribution in [2.45, 2.75) is 313 Å². The Morgan fingerprint density at radius 2 is 0.722 bits per heavy atom. The van der Waals surface area contributed by atoms with E-state index < -0.39 is 230 Å². The number of nitrogens with one attached hydrogen (secondary N) is 4. The molecule has 6 aliphatic rings. The van der Waals surface area contributed by atoms with Gasteiger partial charge in [-0.05, 0) is 65.3 Å². The molecule has 0 bridgehead atoms. The van der Waals surface area contributed by atoms with Gasteiger partial charge in [-0.25, -0.2) is 5.43 Å². The number of nitrogens with two attached hydrogens (primary N) is 1. The molecule has 0 aliphatic carbocycles. The summed E-state index contributed by atoms with van der Waals surface area (Å²) in [6, 6.07) is -0.479. The smallest absolute Gasteiger partial charge is 0.234 e. The number of hydrogen-bond donors (Lipinski definition) is 25. The predicted octanol–water partition coefficient (Wildman–Crippen LogP) is -11.1. The Labute approximate surface area is 623 Å². The zero-order valence-electron chi connectivity index (χ0n) is 60.7. The molecule has 6 aliphatic heterocycles. The maximum absolute atomic E-state index is 12.4. The third kappa shape index (κ3) is 28.7. The second-order valence-corrected chi connectivity index (χ2v) is 27.4. The lowest BCUT2D eigenvalue weighted by Crippen LogP contribution is -2.65. The molecule has 42 heteroatoms. The largest absolute Gasteiger partial charge is 0.394 e. The Hall–Kier alpha value is -3.61. The molecule has 0 radical (unpaired) electrons. The molecule has 6 fully saturated rings. The molecular formula is C66H119N5O37. The van der Waals surface area contributed by atoms with Crippen LogP contribution in [0.3, 0.4) is 0 Å². The molecule has 0 aromatic carbocycles. The molecule has 6 saturated heterocycles. The number of aliphatic hydroxyl groups excluding tert-OH is 20. The average molecular weight is 1570 g/mol. The van der Waals surface area contributed by atoms with Crippen molar-refractivity contribution in [1.82, 2.24) is 21.5 Å². The summed E-state index contributed by atoms with van der Waals surface area (Å²) < 4.78 is 66.6. The molecule has 630 valence electrons. The highest BCUT2D eigenvalue weighted by Crippen LogP contribution is 2.34. The van der Waals surface area contributed by atoms with E-state index in [2.05, 4.69) is 21.5 Å². The van der Waals surface area contributed by atoms with E-state index in [-0.39, 0.29) is 74.7 Å². The minimum absolute atomic E-state index is 0.00423. The summed E-state index contributed by atoms with van der Waals surface area (Å²) in [6.07, 6.45) is -40.5. The fourth-order valence-electron chi connectivity index (χ4n) is 12.5. The number of hydrazine groups is 1. The van der Waals surface area contributed by atoms with Crippen molar-refractivity contribution < 1.29 is 183 Å². The van der Waals surface area contributed by atoms with Gasteiger partial charge in [0.2, 0.25) is 17.7 Å². The van der Waals surface area contributed by atoms with E-state index in [1.54, 1.807) is 0 Å². The molecule has 0 aromatic rings. The minimum Gasteiger partial charge on any atom is -0.394 e. The summed E-state index contributed by atoms with van der Waals surface area (Å²) in [7, 11) is 0. The number of rotatable bonds is 45. The number of ketones is 2. The van der Waals surface area contributed by atoms with Gasteiger partial charge in [-0.1, -0.05) is 32.1 Å². The van der Waals surface area contributed by atoms with Gasteiger partial charge in [0.25, 0.3) is 0 Å². The number of Topliss-reactive ketones (excluding diaryl/α,β-unsaturated/α-hetero) is 2. The molecule has 31 atom stereocenters. The Morgan fingerprint density at radius 3 is 1.12 bits per heavy atom. The van der Waals surface area contributed by atoms with Gasteiger partial charge in [0, 0.05) is 45.2 Å². The lowest BCUT2D eigenvalue weighted by atomic mass is 9.96. The first-order valence-corrected chi connectivity index (χ1v) is 36.8. The summed E-state index contributed by atoms with van der Waals surface area (Å²) in [5.41, 5.74) is 10.8. The third-order valence-electron chi connectivity index (χ3n) is 19.1. The molecule has 26 N–H and O–H groups in total. The Morgan fingerprint density at radius 1 is 0.370 bits per heavy atom. The van der Waals surface area contributed by atoms with Crippen molar-refractivity contribution in [2.24, 2.45) is 5.73 Å². The normalized spacial score (nSPS) is 37.5. The Balaban J connectivity index is 0.000000391. The maximum Gasteiger partial charge on any atom is 0.234 e. The van der Waals surface area contributed by atoms with E-state index in [1.807, 2.05) is 6.92 Å². The van der Waals surface area contributed by atoms with E-state index in [1.165, 1.54) is 6.92 Å². The van der Waals surface area contributed by atoms with Crippen LogP contribution >= 0.6 is 0 Å². The molecule has 6 heterocycles. The van der Waals surface area contributed by atoms with Crippen molar-refractivity contribution >= 4 is 29.3 Å². The zero-order chi connectivity index (χ0) is 79.9. The van der Waals surface area contributed by atoms with Crippen LogP contribution in [0, 0.1) is 0 Å². The Bertz CT molecular complexity index is 2560. The van der Waals surface area contributed by atoms with Crippen molar-refractivity contribution in [3.8, 4) is 0 Å². The third-order valence-corrected chi connectivity index (χ3v) is 19.1. The second-order valence-electron chi connectivity index (χ2n) is 27.4. The maximum atomic E-state index is 12.4. The summed E-state index contributed by atoms with van der Waals surface area (Å²) >= 11 is 0.